The van der Waals surface area contributed by atoms with Crippen molar-refractivity contribution < 1.29 is 28.2 Å². The number of halogens is 2. The van der Waals surface area contributed by atoms with E-state index in [0.29, 0.717) is 21.5 Å². The molecule has 33 heavy (non-hydrogen) atoms. The maximum Gasteiger partial charge on any atom is 0.294 e. The summed E-state index contributed by atoms with van der Waals surface area (Å²) in [5, 5.41) is 1.91. The molecule has 0 saturated carbocycles. The number of methoxy groups -OCH3 is 1. The summed E-state index contributed by atoms with van der Waals surface area (Å²) >= 11 is 4.21. The first-order valence-electron chi connectivity index (χ1n) is 10.1. The predicted octanol–water partition coefficient (Wildman–Crippen LogP) is 5.45. The molecule has 0 bridgehead atoms. The van der Waals surface area contributed by atoms with Gasteiger partial charge in [0.25, 0.3) is 11.1 Å². The van der Waals surface area contributed by atoms with E-state index >= 15 is 0 Å². The summed E-state index contributed by atoms with van der Waals surface area (Å²) in [5.41, 5.74) is 0.851. The fourth-order valence-corrected chi connectivity index (χ4v) is 4.31. The normalized spacial score (nSPS) is 15.7. The number of imide groups is 1. The summed E-state index contributed by atoms with van der Waals surface area (Å²) in [5.74, 6) is -0.686. The summed E-state index contributed by atoms with van der Waals surface area (Å²) < 4.78 is 25.3. The minimum Gasteiger partial charge on any atom is -0.493 e. The molecule has 1 heterocycles. The molecule has 0 aliphatic carbocycles. The monoisotopic (exact) mass is 536 g/mol. The van der Waals surface area contributed by atoms with Crippen LogP contribution >= 0.6 is 27.7 Å². The lowest BCUT2D eigenvalue weighted by atomic mass is 10.1. The van der Waals surface area contributed by atoms with Gasteiger partial charge < -0.3 is 14.8 Å². The van der Waals surface area contributed by atoms with Gasteiger partial charge in [0.05, 0.1) is 22.6 Å². The van der Waals surface area contributed by atoms with E-state index in [1.165, 1.54) is 25.3 Å². The Hall–Kier alpha value is -2.85. The van der Waals surface area contributed by atoms with Crippen molar-refractivity contribution in [2.75, 3.05) is 19.0 Å². The average molecular weight is 537 g/mol. The van der Waals surface area contributed by atoms with E-state index in [4.69, 9.17) is 9.47 Å². The first-order chi connectivity index (χ1) is 15.7. The van der Waals surface area contributed by atoms with Gasteiger partial charge >= 0.3 is 0 Å². The van der Waals surface area contributed by atoms with Gasteiger partial charge in [-0.15, -0.1) is 0 Å². The highest BCUT2D eigenvalue weighted by Gasteiger charge is 2.36. The Balaban J connectivity index is 1.76. The Morgan fingerprint density at radius 1 is 1.30 bits per heavy atom. The average Bonchev–Trinajstić information content (AvgIpc) is 3.02. The number of rotatable bonds is 8. The van der Waals surface area contributed by atoms with Crippen LogP contribution < -0.4 is 14.8 Å². The van der Waals surface area contributed by atoms with E-state index in [0.717, 1.165) is 29.1 Å². The van der Waals surface area contributed by atoms with Crippen LogP contribution in [-0.2, 0) is 9.59 Å². The summed E-state index contributed by atoms with van der Waals surface area (Å²) in [6.07, 6.45) is 2.35. The number of thioether (sulfide) groups is 1. The zero-order valence-electron chi connectivity index (χ0n) is 18.2. The Morgan fingerprint density at radius 2 is 2.06 bits per heavy atom. The Bertz CT molecular complexity index is 1120. The molecule has 0 spiro atoms. The van der Waals surface area contributed by atoms with Crippen LogP contribution in [0.15, 0.2) is 45.8 Å². The van der Waals surface area contributed by atoms with E-state index in [1.807, 2.05) is 13.8 Å². The van der Waals surface area contributed by atoms with Crippen molar-refractivity contribution in [1.29, 1.82) is 0 Å². The maximum absolute atomic E-state index is 13.3. The van der Waals surface area contributed by atoms with Crippen molar-refractivity contribution in [3.8, 4) is 11.5 Å². The van der Waals surface area contributed by atoms with Gasteiger partial charge in [0.15, 0.2) is 11.5 Å². The molecule has 2 aromatic rings. The molecule has 10 heteroatoms. The van der Waals surface area contributed by atoms with Crippen LogP contribution in [0.5, 0.6) is 11.5 Å². The maximum atomic E-state index is 13.3. The molecular formula is C23H22BrFN2O5S. The van der Waals surface area contributed by atoms with Crippen LogP contribution in [0.4, 0.5) is 14.9 Å². The van der Waals surface area contributed by atoms with E-state index in [9.17, 15) is 18.8 Å². The molecule has 0 unspecified atom stereocenters. The Labute approximate surface area is 203 Å². The zero-order chi connectivity index (χ0) is 24.1. The van der Waals surface area contributed by atoms with E-state index in [1.54, 1.807) is 18.2 Å². The Morgan fingerprint density at radius 3 is 2.73 bits per heavy atom. The highest BCUT2D eigenvalue weighted by Crippen LogP contribution is 2.39. The molecule has 1 aliphatic rings. The fraction of sp³-hybridized carbons (Fsp3) is 0.261. The van der Waals surface area contributed by atoms with Crippen molar-refractivity contribution in [2.24, 2.45) is 0 Å². The van der Waals surface area contributed by atoms with Gasteiger partial charge in [0.1, 0.15) is 12.4 Å². The molecule has 1 fully saturated rings. The summed E-state index contributed by atoms with van der Waals surface area (Å²) in [4.78, 5) is 38.4. The molecule has 0 aromatic heterocycles. The minimum atomic E-state index is -0.611. The molecule has 1 aliphatic heterocycles. The lowest BCUT2D eigenvalue weighted by Crippen LogP contribution is -2.36. The molecule has 3 rings (SSSR count). The van der Waals surface area contributed by atoms with Crippen molar-refractivity contribution in [2.45, 2.75) is 26.4 Å². The number of ether oxygens (including phenoxy) is 2. The third-order valence-corrected chi connectivity index (χ3v) is 6.22. The van der Waals surface area contributed by atoms with Crippen LogP contribution in [0.3, 0.4) is 0 Å². The zero-order valence-corrected chi connectivity index (χ0v) is 20.6. The third-order valence-electron chi connectivity index (χ3n) is 4.73. The van der Waals surface area contributed by atoms with Gasteiger partial charge in [-0.05, 0) is 83.0 Å². The van der Waals surface area contributed by atoms with Gasteiger partial charge in [-0.25, -0.2) is 4.39 Å². The predicted molar refractivity (Wildman–Crippen MR) is 129 cm³/mol. The van der Waals surface area contributed by atoms with Crippen molar-refractivity contribution in [3.05, 3.63) is 57.2 Å². The number of carbonyl (C=O) groups excluding carboxylic acids is 3. The number of amides is 3. The summed E-state index contributed by atoms with van der Waals surface area (Å²) in [6.45, 7) is 3.47. The van der Waals surface area contributed by atoms with Gasteiger partial charge in [0.2, 0.25) is 5.91 Å². The SMILES string of the molecule is CC[C@H](C)Oc1c(Br)cc(/C=C2/SC(=O)N(CC(=O)Nc3cccc(F)c3)C2=O)cc1OC. The Kier molecular flexibility index (Phi) is 8.15. The molecule has 1 atom stereocenters. The van der Waals surface area contributed by atoms with Gasteiger partial charge in [-0.2, -0.15) is 0 Å². The van der Waals surface area contributed by atoms with Crippen LogP contribution in [-0.4, -0.2) is 41.7 Å². The lowest BCUT2D eigenvalue weighted by molar-refractivity contribution is -0.127. The van der Waals surface area contributed by atoms with Crippen molar-refractivity contribution >= 4 is 56.5 Å². The molecule has 3 amide bonds. The van der Waals surface area contributed by atoms with E-state index in [-0.39, 0.29) is 16.7 Å². The summed E-state index contributed by atoms with van der Waals surface area (Å²) in [6, 6.07) is 8.80. The lowest BCUT2D eigenvalue weighted by Gasteiger charge is -2.17. The minimum absolute atomic E-state index is 0.0175. The highest BCUT2D eigenvalue weighted by molar-refractivity contribution is 9.10. The standard InChI is InChI=1S/C23H22BrFN2O5S/c1-4-13(2)32-21-17(24)8-14(9-18(21)31-3)10-19-22(29)27(23(30)33-19)12-20(28)26-16-7-5-6-15(25)11-16/h5-11,13H,4,12H2,1-3H3,(H,26,28)/b19-10+/t13-/m0/s1. The molecular weight excluding hydrogens is 515 g/mol. The summed E-state index contributed by atoms with van der Waals surface area (Å²) in [7, 11) is 1.51. The van der Waals surface area contributed by atoms with Crippen LogP contribution in [0.25, 0.3) is 6.08 Å². The van der Waals surface area contributed by atoms with E-state index < -0.39 is 29.4 Å². The van der Waals surface area contributed by atoms with Crippen LogP contribution in [0, 0.1) is 5.82 Å². The highest BCUT2D eigenvalue weighted by atomic mass is 79.9. The number of hydrogen-bond donors (Lipinski definition) is 1. The number of carbonyl (C=O) groups is 3. The number of nitrogens with zero attached hydrogens (tertiary/aromatic N) is 1. The van der Waals surface area contributed by atoms with Crippen molar-refractivity contribution in [3.63, 3.8) is 0 Å². The molecule has 1 N–H and O–H groups in total. The topological polar surface area (TPSA) is 84.9 Å². The smallest absolute Gasteiger partial charge is 0.294 e. The first-order valence-corrected chi connectivity index (χ1v) is 11.7. The quantitative estimate of drug-likeness (QED) is 0.451. The third kappa shape index (κ3) is 6.14. The fourth-order valence-electron chi connectivity index (χ4n) is 2.92. The van der Waals surface area contributed by atoms with Gasteiger partial charge in [0, 0.05) is 5.69 Å². The molecule has 0 radical (unpaired) electrons. The first kappa shape index (κ1) is 24.8. The number of hydrogen-bond acceptors (Lipinski definition) is 6. The van der Waals surface area contributed by atoms with Crippen LogP contribution in [0.2, 0.25) is 0 Å². The number of nitrogens with one attached hydrogen (secondary N) is 1. The second-order valence-corrected chi connectivity index (χ2v) is 9.04. The molecule has 7 nitrogen and oxygen atoms in total. The second-order valence-electron chi connectivity index (χ2n) is 7.20. The number of anilines is 1. The molecule has 1 saturated heterocycles. The van der Waals surface area contributed by atoms with Crippen molar-refractivity contribution in [1.82, 2.24) is 4.90 Å². The van der Waals surface area contributed by atoms with Crippen LogP contribution in [0.1, 0.15) is 25.8 Å². The van der Waals surface area contributed by atoms with Gasteiger partial charge in [-0.1, -0.05) is 13.0 Å². The molecule has 2 aromatic carbocycles. The van der Waals surface area contributed by atoms with E-state index in [2.05, 4.69) is 21.2 Å². The largest absolute Gasteiger partial charge is 0.493 e. The van der Waals surface area contributed by atoms with Gasteiger partial charge in [-0.3, -0.25) is 19.3 Å². The number of benzene rings is 2. The second kappa shape index (κ2) is 10.8. The molecule has 174 valence electrons.